The average molecular weight is 251 g/mol. The maximum atomic E-state index is 11.7. The normalized spacial score (nSPS) is 11.4. The van der Waals surface area contributed by atoms with Crippen molar-refractivity contribution in [1.82, 2.24) is 0 Å². The lowest BCUT2D eigenvalue weighted by molar-refractivity contribution is 0.0432. The first-order valence-corrected chi connectivity index (χ1v) is 6.17. The van der Waals surface area contributed by atoms with Crippen molar-refractivity contribution in [1.29, 1.82) is 5.26 Å². The van der Waals surface area contributed by atoms with Gasteiger partial charge in [0.2, 0.25) is 0 Å². The van der Waals surface area contributed by atoms with Gasteiger partial charge in [0, 0.05) is 4.90 Å². The molecule has 0 spiro atoms. The van der Waals surface area contributed by atoms with Crippen LogP contribution in [0.15, 0.2) is 23.1 Å². The number of carbonyl (C=O) groups excluding carboxylic acids is 1. The van der Waals surface area contributed by atoms with E-state index in [-0.39, 0.29) is 0 Å². The third kappa shape index (κ3) is 3.40. The van der Waals surface area contributed by atoms with Crippen molar-refractivity contribution in [2.45, 2.75) is 17.9 Å². The van der Waals surface area contributed by atoms with Gasteiger partial charge in [0.15, 0.2) is 6.10 Å². The molecule has 0 amide bonds. The van der Waals surface area contributed by atoms with Gasteiger partial charge in [-0.15, -0.1) is 11.8 Å². The zero-order valence-electron chi connectivity index (χ0n) is 9.89. The van der Waals surface area contributed by atoms with Crippen LogP contribution in [0, 0.1) is 11.3 Å². The van der Waals surface area contributed by atoms with Gasteiger partial charge in [-0.3, -0.25) is 0 Å². The topological polar surface area (TPSA) is 59.3 Å². The van der Waals surface area contributed by atoms with Crippen molar-refractivity contribution in [2.75, 3.05) is 13.4 Å². The fraction of sp³-hybridized carbons (Fsp3) is 0.333. The van der Waals surface area contributed by atoms with Gasteiger partial charge >= 0.3 is 5.97 Å². The Morgan fingerprint density at radius 1 is 1.53 bits per heavy atom. The van der Waals surface area contributed by atoms with Crippen molar-refractivity contribution in [3.05, 3.63) is 23.8 Å². The highest BCUT2D eigenvalue weighted by molar-refractivity contribution is 7.98. The quantitative estimate of drug-likeness (QED) is 0.607. The smallest absolute Gasteiger partial charge is 0.343 e. The van der Waals surface area contributed by atoms with Gasteiger partial charge in [-0.25, -0.2) is 4.79 Å². The molecule has 0 bridgehead atoms. The minimum Gasteiger partial charge on any atom is -0.496 e. The van der Waals surface area contributed by atoms with E-state index in [0.29, 0.717) is 11.3 Å². The Labute approximate surface area is 105 Å². The van der Waals surface area contributed by atoms with Gasteiger partial charge in [0.25, 0.3) is 0 Å². The number of nitriles is 1. The van der Waals surface area contributed by atoms with Crippen molar-refractivity contribution in [3.8, 4) is 11.8 Å². The third-order valence-corrected chi connectivity index (χ3v) is 2.82. The van der Waals surface area contributed by atoms with E-state index in [4.69, 9.17) is 14.7 Å². The number of rotatable bonds is 4. The van der Waals surface area contributed by atoms with Gasteiger partial charge in [-0.2, -0.15) is 5.26 Å². The fourth-order valence-corrected chi connectivity index (χ4v) is 1.65. The molecule has 0 saturated heterocycles. The van der Waals surface area contributed by atoms with Crippen LogP contribution in [0.25, 0.3) is 0 Å². The summed E-state index contributed by atoms with van der Waals surface area (Å²) in [6.45, 7) is 1.51. The second-order valence-electron chi connectivity index (χ2n) is 3.24. The van der Waals surface area contributed by atoms with Crippen LogP contribution in [0.2, 0.25) is 0 Å². The van der Waals surface area contributed by atoms with Crippen molar-refractivity contribution in [3.63, 3.8) is 0 Å². The number of hydrogen-bond donors (Lipinski definition) is 0. The molecule has 1 atom stereocenters. The van der Waals surface area contributed by atoms with Crippen LogP contribution in [0.4, 0.5) is 0 Å². The Bertz CT molecular complexity index is 454. The molecule has 0 radical (unpaired) electrons. The molecule has 0 unspecified atom stereocenters. The predicted molar refractivity (Wildman–Crippen MR) is 65.3 cm³/mol. The predicted octanol–water partition coefficient (Wildman–Crippen LogP) is 2.49. The number of nitrogens with zero attached hydrogens (tertiary/aromatic N) is 1. The molecule has 0 fully saturated rings. The van der Waals surface area contributed by atoms with Crippen molar-refractivity contribution >= 4 is 17.7 Å². The molecule has 5 heteroatoms. The van der Waals surface area contributed by atoms with Crippen molar-refractivity contribution in [2.24, 2.45) is 0 Å². The second kappa shape index (κ2) is 6.16. The molecular weight excluding hydrogens is 238 g/mol. The van der Waals surface area contributed by atoms with E-state index in [1.54, 1.807) is 30.0 Å². The molecule has 0 aromatic heterocycles. The van der Waals surface area contributed by atoms with E-state index in [0.717, 1.165) is 4.90 Å². The summed E-state index contributed by atoms with van der Waals surface area (Å²) in [5, 5.41) is 8.58. The Morgan fingerprint density at radius 3 is 2.76 bits per heavy atom. The summed E-state index contributed by atoms with van der Waals surface area (Å²) in [4.78, 5) is 12.7. The fourth-order valence-electron chi connectivity index (χ4n) is 1.22. The molecule has 1 aromatic carbocycles. The largest absolute Gasteiger partial charge is 0.496 e. The Hall–Kier alpha value is -1.67. The molecule has 17 heavy (non-hydrogen) atoms. The standard InChI is InChI=1S/C12H13NO3S/c1-8(7-13)16-12(14)10-5-4-9(17-3)6-11(10)15-2/h4-6,8H,1-3H3/t8-/m0/s1. The van der Waals surface area contributed by atoms with E-state index in [1.807, 2.05) is 12.3 Å². The SMILES string of the molecule is COc1cc(SC)ccc1C(=O)O[C@@H](C)C#N. The van der Waals surface area contributed by atoms with Gasteiger partial charge in [0.1, 0.15) is 17.4 Å². The van der Waals surface area contributed by atoms with E-state index >= 15 is 0 Å². The molecule has 0 aliphatic heterocycles. The van der Waals surface area contributed by atoms with Crippen LogP contribution in [-0.2, 0) is 4.74 Å². The molecule has 0 aliphatic rings. The maximum Gasteiger partial charge on any atom is 0.343 e. The van der Waals surface area contributed by atoms with Crippen molar-refractivity contribution < 1.29 is 14.3 Å². The highest BCUT2D eigenvalue weighted by Crippen LogP contribution is 2.26. The molecular formula is C12H13NO3S. The Morgan fingerprint density at radius 2 is 2.24 bits per heavy atom. The van der Waals surface area contributed by atoms with Crippen LogP contribution in [-0.4, -0.2) is 25.4 Å². The molecule has 0 saturated carbocycles. The first kappa shape index (κ1) is 13.4. The number of hydrogen-bond acceptors (Lipinski definition) is 5. The van der Waals surface area contributed by atoms with E-state index < -0.39 is 12.1 Å². The number of carbonyl (C=O) groups is 1. The summed E-state index contributed by atoms with van der Waals surface area (Å²) in [5.41, 5.74) is 0.326. The Kier molecular flexibility index (Phi) is 4.85. The minimum atomic E-state index is -0.771. The van der Waals surface area contributed by atoms with Crippen LogP contribution in [0.5, 0.6) is 5.75 Å². The molecule has 1 aromatic rings. The average Bonchev–Trinajstić information content (AvgIpc) is 2.37. The first-order chi connectivity index (χ1) is 8.12. The molecule has 0 N–H and O–H groups in total. The highest BCUT2D eigenvalue weighted by atomic mass is 32.2. The van der Waals surface area contributed by atoms with Crippen LogP contribution in [0.3, 0.4) is 0 Å². The maximum absolute atomic E-state index is 11.7. The van der Waals surface area contributed by atoms with Gasteiger partial charge in [-0.05, 0) is 31.4 Å². The summed E-state index contributed by atoms with van der Waals surface area (Å²) in [6, 6.07) is 7.04. The lowest BCUT2D eigenvalue weighted by Gasteiger charge is -2.10. The molecule has 4 nitrogen and oxygen atoms in total. The molecule has 0 aliphatic carbocycles. The number of ether oxygens (including phenoxy) is 2. The lowest BCUT2D eigenvalue weighted by Crippen LogP contribution is -2.14. The van der Waals surface area contributed by atoms with Gasteiger partial charge in [0.05, 0.1) is 7.11 Å². The van der Waals surface area contributed by atoms with E-state index in [2.05, 4.69) is 0 Å². The zero-order chi connectivity index (χ0) is 12.8. The molecule has 90 valence electrons. The summed E-state index contributed by atoms with van der Waals surface area (Å²) in [6.07, 6.45) is 1.16. The Balaban J connectivity index is 2.97. The summed E-state index contributed by atoms with van der Waals surface area (Å²) in [5.74, 6) is -0.101. The van der Waals surface area contributed by atoms with Gasteiger partial charge in [-0.1, -0.05) is 0 Å². The van der Waals surface area contributed by atoms with Crippen LogP contribution >= 0.6 is 11.8 Å². The number of thioether (sulfide) groups is 1. The molecule has 0 heterocycles. The van der Waals surface area contributed by atoms with Crippen LogP contribution < -0.4 is 4.74 Å². The first-order valence-electron chi connectivity index (χ1n) is 4.95. The summed E-state index contributed by atoms with van der Waals surface area (Å²) in [7, 11) is 1.49. The zero-order valence-corrected chi connectivity index (χ0v) is 10.7. The minimum absolute atomic E-state index is 0.326. The van der Waals surface area contributed by atoms with Crippen LogP contribution in [0.1, 0.15) is 17.3 Å². The summed E-state index contributed by atoms with van der Waals surface area (Å²) >= 11 is 1.55. The summed E-state index contributed by atoms with van der Waals surface area (Å²) < 4.78 is 10.0. The number of methoxy groups -OCH3 is 1. The van der Waals surface area contributed by atoms with E-state index in [1.165, 1.54) is 14.0 Å². The third-order valence-electron chi connectivity index (χ3n) is 2.09. The molecule has 1 rings (SSSR count). The number of benzene rings is 1. The van der Waals surface area contributed by atoms with Gasteiger partial charge < -0.3 is 9.47 Å². The lowest BCUT2D eigenvalue weighted by atomic mass is 10.2. The highest BCUT2D eigenvalue weighted by Gasteiger charge is 2.16. The second-order valence-corrected chi connectivity index (χ2v) is 4.12. The van der Waals surface area contributed by atoms with E-state index in [9.17, 15) is 4.79 Å². The number of esters is 1. The monoisotopic (exact) mass is 251 g/mol.